The third kappa shape index (κ3) is 3.29. The number of halogens is 3. The Bertz CT molecular complexity index is 729. The molecule has 0 saturated heterocycles. The number of aromatic nitrogens is 1. The number of hydrogen-bond donors (Lipinski definition) is 1. The standard InChI is InChI=1S/C17H17F3N2O2/c1-10-14(16(23)21-13-4-2-3-5-13)22-24-15(10)11-6-8-12(9-7-11)17(18,19)20/h6-9,13H,2-5H2,1H3,(H,21,23). The SMILES string of the molecule is Cc1c(C(=O)NC2CCCC2)noc1-c1ccc(C(F)(F)F)cc1. The van der Waals surface area contributed by atoms with Crippen molar-refractivity contribution in [2.45, 2.75) is 44.8 Å². The predicted octanol–water partition coefficient (Wildman–Crippen LogP) is 4.34. The first-order chi connectivity index (χ1) is 11.4. The van der Waals surface area contributed by atoms with Crippen LogP contribution in [0.5, 0.6) is 0 Å². The van der Waals surface area contributed by atoms with Crippen molar-refractivity contribution in [3.05, 3.63) is 41.1 Å². The molecule has 1 amide bonds. The van der Waals surface area contributed by atoms with Crippen LogP contribution >= 0.6 is 0 Å². The van der Waals surface area contributed by atoms with E-state index in [1.807, 2.05) is 0 Å². The topological polar surface area (TPSA) is 55.1 Å². The molecule has 1 N–H and O–H groups in total. The van der Waals surface area contributed by atoms with Crippen molar-refractivity contribution in [3.8, 4) is 11.3 Å². The number of rotatable bonds is 3. The summed E-state index contributed by atoms with van der Waals surface area (Å²) in [5.41, 5.74) is 0.414. The summed E-state index contributed by atoms with van der Waals surface area (Å²) in [5, 5.41) is 6.72. The van der Waals surface area contributed by atoms with Crippen molar-refractivity contribution in [3.63, 3.8) is 0 Å². The summed E-state index contributed by atoms with van der Waals surface area (Å²) in [6.45, 7) is 1.67. The van der Waals surface area contributed by atoms with E-state index in [4.69, 9.17) is 4.52 Å². The highest BCUT2D eigenvalue weighted by molar-refractivity contribution is 5.95. The average molecular weight is 338 g/mol. The van der Waals surface area contributed by atoms with Gasteiger partial charge in [0.25, 0.3) is 5.91 Å². The number of benzene rings is 1. The van der Waals surface area contributed by atoms with E-state index in [2.05, 4.69) is 10.5 Å². The van der Waals surface area contributed by atoms with Crippen LogP contribution in [-0.4, -0.2) is 17.1 Å². The van der Waals surface area contributed by atoms with Crippen LogP contribution in [-0.2, 0) is 6.18 Å². The summed E-state index contributed by atoms with van der Waals surface area (Å²) >= 11 is 0. The van der Waals surface area contributed by atoms with Gasteiger partial charge in [0.1, 0.15) is 0 Å². The molecule has 7 heteroatoms. The van der Waals surface area contributed by atoms with Crippen LogP contribution in [0.25, 0.3) is 11.3 Å². The second-order valence-corrected chi connectivity index (χ2v) is 6.02. The summed E-state index contributed by atoms with van der Waals surface area (Å²) in [6, 6.07) is 4.75. The van der Waals surface area contributed by atoms with Crippen LogP contribution in [0.4, 0.5) is 13.2 Å². The highest BCUT2D eigenvalue weighted by Crippen LogP contribution is 2.32. The van der Waals surface area contributed by atoms with Crippen molar-refractivity contribution >= 4 is 5.91 Å². The van der Waals surface area contributed by atoms with Crippen molar-refractivity contribution in [1.82, 2.24) is 10.5 Å². The summed E-state index contributed by atoms with van der Waals surface area (Å²) in [4.78, 5) is 12.3. The first-order valence-electron chi connectivity index (χ1n) is 7.81. The van der Waals surface area contributed by atoms with Crippen molar-refractivity contribution in [1.29, 1.82) is 0 Å². The number of carbonyl (C=O) groups is 1. The molecule has 1 aliphatic carbocycles. The number of nitrogens with one attached hydrogen (secondary N) is 1. The minimum absolute atomic E-state index is 0.156. The van der Waals surface area contributed by atoms with E-state index in [1.54, 1.807) is 6.92 Å². The summed E-state index contributed by atoms with van der Waals surface area (Å²) in [7, 11) is 0. The fourth-order valence-electron chi connectivity index (χ4n) is 2.95. The van der Waals surface area contributed by atoms with Gasteiger partial charge in [-0.15, -0.1) is 0 Å². The van der Waals surface area contributed by atoms with Gasteiger partial charge in [-0.1, -0.05) is 30.1 Å². The van der Waals surface area contributed by atoms with Crippen molar-refractivity contribution in [2.24, 2.45) is 0 Å². The lowest BCUT2D eigenvalue weighted by atomic mass is 10.1. The highest BCUT2D eigenvalue weighted by atomic mass is 19.4. The van der Waals surface area contributed by atoms with Gasteiger partial charge in [0, 0.05) is 17.2 Å². The molecule has 1 heterocycles. The Morgan fingerprint density at radius 1 is 1.21 bits per heavy atom. The molecular formula is C17H17F3N2O2. The number of hydrogen-bond acceptors (Lipinski definition) is 3. The Hall–Kier alpha value is -2.31. The van der Waals surface area contributed by atoms with Crippen LogP contribution in [0, 0.1) is 6.92 Å². The molecule has 1 aromatic heterocycles. The van der Waals surface area contributed by atoms with Gasteiger partial charge in [-0.05, 0) is 31.9 Å². The molecule has 128 valence electrons. The van der Waals surface area contributed by atoms with Crippen LogP contribution in [0.15, 0.2) is 28.8 Å². The van der Waals surface area contributed by atoms with Crippen molar-refractivity contribution in [2.75, 3.05) is 0 Å². The lowest BCUT2D eigenvalue weighted by Crippen LogP contribution is -2.33. The largest absolute Gasteiger partial charge is 0.416 e. The molecule has 1 fully saturated rings. The third-order valence-corrected chi connectivity index (χ3v) is 4.30. The van der Waals surface area contributed by atoms with E-state index in [-0.39, 0.29) is 17.6 Å². The Morgan fingerprint density at radius 3 is 2.42 bits per heavy atom. The first-order valence-corrected chi connectivity index (χ1v) is 7.81. The number of amides is 1. The lowest BCUT2D eigenvalue weighted by molar-refractivity contribution is -0.137. The summed E-state index contributed by atoms with van der Waals surface area (Å²) < 4.78 is 43.0. The zero-order chi connectivity index (χ0) is 17.3. The molecule has 4 nitrogen and oxygen atoms in total. The maximum atomic E-state index is 12.6. The van der Waals surface area contributed by atoms with E-state index in [1.165, 1.54) is 12.1 Å². The van der Waals surface area contributed by atoms with Gasteiger partial charge in [0.2, 0.25) is 0 Å². The molecule has 0 unspecified atom stereocenters. The fraction of sp³-hybridized carbons (Fsp3) is 0.412. The molecule has 1 aliphatic rings. The molecule has 0 bridgehead atoms. The number of alkyl halides is 3. The van der Waals surface area contributed by atoms with Crippen LogP contribution < -0.4 is 5.32 Å². The Labute approximate surface area is 137 Å². The second kappa shape index (κ2) is 6.30. The average Bonchev–Trinajstić information content (AvgIpc) is 3.16. The Balaban J connectivity index is 1.80. The van der Waals surface area contributed by atoms with Gasteiger partial charge in [-0.25, -0.2) is 0 Å². The molecule has 0 aliphatic heterocycles. The van der Waals surface area contributed by atoms with E-state index < -0.39 is 11.7 Å². The van der Waals surface area contributed by atoms with Crippen LogP contribution in [0.2, 0.25) is 0 Å². The molecule has 0 spiro atoms. The van der Waals surface area contributed by atoms with E-state index in [9.17, 15) is 18.0 Å². The molecular weight excluding hydrogens is 321 g/mol. The summed E-state index contributed by atoms with van der Waals surface area (Å²) in [6.07, 6.45) is -0.288. The molecule has 24 heavy (non-hydrogen) atoms. The normalized spacial score (nSPS) is 15.7. The lowest BCUT2D eigenvalue weighted by Gasteiger charge is -2.10. The first kappa shape index (κ1) is 16.5. The zero-order valence-corrected chi connectivity index (χ0v) is 13.1. The summed E-state index contributed by atoms with van der Waals surface area (Å²) in [5.74, 6) is 0.00149. The third-order valence-electron chi connectivity index (χ3n) is 4.30. The molecule has 3 rings (SSSR count). The predicted molar refractivity (Wildman–Crippen MR) is 81.4 cm³/mol. The maximum absolute atomic E-state index is 12.6. The van der Waals surface area contributed by atoms with Gasteiger partial charge in [-0.3, -0.25) is 4.79 Å². The second-order valence-electron chi connectivity index (χ2n) is 6.02. The molecule has 0 radical (unpaired) electrons. The zero-order valence-electron chi connectivity index (χ0n) is 13.1. The fourth-order valence-corrected chi connectivity index (χ4v) is 2.95. The monoisotopic (exact) mass is 338 g/mol. The van der Waals surface area contributed by atoms with Gasteiger partial charge < -0.3 is 9.84 Å². The van der Waals surface area contributed by atoms with Crippen molar-refractivity contribution < 1.29 is 22.5 Å². The van der Waals surface area contributed by atoms with E-state index in [0.29, 0.717) is 16.9 Å². The molecule has 1 saturated carbocycles. The molecule has 1 aromatic carbocycles. The Kier molecular flexibility index (Phi) is 4.34. The van der Waals surface area contributed by atoms with E-state index in [0.717, 1.165) is 37.8 Å². The highest BCUT2D eigenvalue weighted by Gasteiger charge is 2.30. The van der Waals surface area contributed by atoms with Crippen LogP contribution in [0.1, 0.15) is 47.3 Å². The minimum atomic E-state index is -4.39. The maximum Gasteiger partial charge on any atom is 0.416 e. The van der Waals surface area contributed by atoms with Gasteiger partial charge >= 0.3 is 6.18 Å². The molecule has 0 atom stereocenters. The minimum Gasteiger partial charge on any atom is -0.355 e. The molecule has 2 aromatic rings. The number of carbonyl (C=O) groups excluding carboxylic acids is 1. The van der Waals surface area contributed by atoms with Crippen LogP contribution in [0.3, 0.4) is 0 Å². The quantitative estimate of drug-likeness (QED) is 0.906. The Morgan fingerprint density at radius 2 is 1.83 bits per heavy atom. The van der Waals surface area contributed by atoms with E-state index >= 15 is 0 Å². The van der Waals surface area contributed by atoms with Gasteiger partial charge in [0.05, 0.1) is 5.56 Å². The van der Waals surface area contributed by atoms with Gasteiger partial charge in [-0.2, -0.15) is 13.2 Å². The van der Waals surface area contributed by atoms with Gasteiger partial charge in [0.15, 0.2) is 11.5 Å². The smallest absolute Gasteiger partial charge is 0.355 e. The number of nitrogens with zero attached hydrogens (tertiary/aromatic N) is 1.